The van der Waals surface area contributed by atoms with Gasteiger partial charge in [0.25, 0.3) is 5.56 Å². The predicted octanol–water partition coefficient (Wildman–Crippen LogP) is 3.25. The molecular formula is C23H23ClN4O4. The quantitative estimate of drug-likeness (QED) is 0.555. The van der Waals surface area contributed by atoms with Crippen molar-refractivity contribution in [3.05, 3.63) is 90.3 Å². The van der Waals surface area contributed by atoms with E-state index >= 15 is 0 Å². The zero-order valence-corrected chi connectivity index (χ0v) is 18.9. The van der Waals surface area contributed by atoms with Crippen molar-refractivity contribution in [3.63, 3.8) is 0 Å². The Morgan fingerprint density at radius 3 is 2.53 bits per heavy atom. The molecule has 2 heterocycles. The summed E-state index contributed by atoms with van der Waals surface area (Å²) in [5.74, 6) is -0.768. The summed E-state index contributed by atoms with van der Waals surface area (Å²) in [5, 5.41) is 2.96. The number of aryl methyl sites for hydroxylation is 1. The van der Waals surface area contributed by atoms with Gasteiger partial charge in [-0.15, -0.1) is 0 Å². The molecule has 8 nitrogen and oxygen atoms in total. The maximum absolute atomic E-state index is 13.6. The molecule has 0 fully saturated rings. The summed E-state index contributed by atoms with van der Waals surface area (Å²) >= 11 is 6.14. The number of amides is 1. The van der Waals surface area contributed by atoms with Crippen LogP contribution in [0.3, 0.4) is 0 Å². The maximum Gasteiger partial charge on any atom is 0.329 e. The molecule has 0 aliphatic heterocycles. The number of carbonyl (C=O) groups excluding carboxylic acids is 2. The molecule has 0 aliphatic rings. The van der Waals surface area contributed by atoms with Crippen molar-refractivity contribution in [2.45, 2.75) is 40.2 Å². The first-order valence-corrected chi connectivity index (χ1v) is 10.4. The van der Waals surface area contributed by atoms with Crippen LogP contribution in [0.5, 0.6) is 0 Å². The summed E-state index contributed by atoms with van der Waals surface area (Å²) in [6.07, 6.45) is 1.49. The van der Waals surface area contributed by atoms with Crippen LogP contribution in [0.1, 0.15) is 59.4 Å². The summed E-state index contributed by atoms with van der Waals surface area (Å²) in [6.45, 7) is 6.71. The third-order valence-corrected chi connectivity index (χ3v) is 5.02. The number of nitrogens with zero attached hydrogens (tertiary/aromatic N) is 2. The summed E-state index contributed by atoms with van der Waals surface area (Å²) in [4.78, 5) is 56.8. The van der Waals surface area contributed by atoms with E-state index in [-0.39, 0.29) is 35.2 Å². The number of hydrogen-bond donors (Lipinski definition) is 2. The van der Waals surface area contributed by atoms with E-state index in [9.17, 15) is 19.2 Å². The largest absolute Gasteiger partial charge is 0.329 e. The van der Waals surface area contributed by atoms with Gasteiger partial charge in [0.1, 0.15) is 11.5 Å². The molecule has 1 amide bonds. The number of halogens is 1. The lowest BCUT2D eigenvalue weighted by Crippen LogP contribution is -2.38. The first kappa shape index (κ1) is 23.1. The molecule has 9 heteroatoms. The highest BCUT2D eigenvalue weighted by Crippen LogP contribution is 2.22. The lowest BCUT2D eigenvalue weighted by atomic mass is 9.96. The molecule has 32 heavy (non-hydrogen) atoms. The summed E-state index contributed by atoms with van der Waals surface area (Å²) in [5.41, 5.74) is 0.584. The molecule has 3 rings (SSSR count). The topological polar surface area (TPSA) is 114 Å². The number of anilines is 1. The van der Waals surface area contributed by atoms with E-state index in [0.717, 1.165) is 5.56 Å². The molecule has 2 aromatic heterocycles. The first-order valence-electron chi connectivity index (χ1n) is 9.98. The van der Waals surface area contributed by atoms with E-state index in [2.05, 4.69) is 15.3 Å². The molecule has 0 aliphatic carbocycles. The Labute approximate surface area is 189 Å². The lowest BCUT2D eigenvalue weighted by Gasteiger charge is -2.18. The fourth-order valence-corrected chi connectivity index (χ4v) is 3.82. The van der Waals surface area contributed by atoms with Crippen LogP contribution < -0.4 is 16.6 Å². The van der Waals surface area contributed by atoms with E-state index in [1.165, 1.54) is 23.8 Å². The van der Waals surface area contributed by atoms with Crippen molar-refractivity contribution >= 4 is 29.1 Å². The molecule has 166 valence electrons. The van der Waals surface area contributed by atoms with Gasteiger partial charge in [-0.25, -0.2) is 9.78 Å². The standard InChI is InChI=1S/C23H23ClN4O4/c1-12(2)19-20(21(30)16-7-13(3)8-17(24)10-16)28(23(32)27-22(19)31)11-15-5-6-25-18(9-15)26-14(4)29/h5-10,12H,11H2,1-4H3,(H,25,26,29)(H,27,31,32). The fraction of sp³-hybridized carbons (Fsp3) is 0.261. The van der Waals surface area contributed by atoms with Crippen LogP contribution in [-0.4, -0.2) is 26.2 Å². The number of carbonyl (C=O) groups is 2. The van der Waals surface area contributed by atoms with Crippen LogP contribution in [-0.2, 0) is 11.3 Å². The molecule has 0 bridgehead atoms. The van der Waals surface area contributed by atoms with Gasteiger partial charge in [0.05, 0.1) is 6.54 Å². The average Bonchev–Trinajstić information content (AvgIpc) is 2.68. The van der Waals surface area contributed by atoms with Gasteiger partial charge in [0.15, 0.2) is 0 Å². The molecule has 0 unspecified atom stereocenters. The summed E-state index contributed by atoms with van der Waals surface area (Å²) in [7, 11) is 0. The Morgan fingerprint density at radius 1 is 1.19 bits per heavy atom. The highest BCUT2D eigenvalue weighted by molar-refractivity contribution is 6.31. The predicted molar refractivity (Wildman–Crippen MR) is 123 cm³/mol. The molecule has 3 aromatic rings. The first-order chi connectivity index (χ1) is 15.1. The normalized spacial score (nSPS) is 10.9. The van der Waals surface area contributed by atoms with Gasteiger partial charge in [0, 0.05) is 29.3 Å². The van der Waals surface area contributed by atoms with Crippen LogP contribution >= 0.6 is 11.6 Å². The number of ketones is 1. The van der Waals surface area contributed by atoms with Crippen LogP contribution in [0.15, 0.2) is 46.1 Å². The molecule has 0 saturated heterocycles. The second-order valence-corrected chi connectivity index (χ2v) is 8.28. The van der Waals surface area contributed by atoms with Crippen LogP contribution in [0.2, 0.25) is 5.02 Å². The SMILES string of the molecule is CC(=O)Nc1cc(Cn2c(C(=O)c3cc(C)cc(Cl)c3)c(C(C)C)c(=O)[nH]c2=O)ccn1. The van der Waals surface area contributed by atoms with Gasteiger partial charge < -0.3 is 5.32 Å². The van der Waals surface area contributed by atoms with E-state index < -0.39 is 17.0 Å². The number of pyridine rings is 1. The number of hydrogen-bond acceptors (Lipinski definition) is 5. The van der Waals surface area contributed by atoms with Crippen LogP contribution in [0.25, 0.3) is 0 Å². The number of benzene rings is 1. The van der Waals surface area contributed by atoms with Crippen molar-refractivity contribution in [3.8, 4) is 0 Å². The number of nitrogens with one attached hydrogen (secondary N) is 2. The van der Waals surface area contributed by atoms with Crippen molar-refractivity contribution in [1.29, 1.82) is 0 Å². The minimum atomic E-state index is -0.709. The van der Waals surface area contributed by atoms with Crippen LogP contribution in [0, 0.1) is 6.92 Å². The molecule has 1 aromatic carbocycles. The van der Waals surface area contributed by atoms with E-state index in [1.807, 2.05) is 0 Å². The highest BCUT2D eigenvalue weighted by Gasteiger charge is 2.25. The van der Waals surface area contributed by atoms with Crippen molar-refractivity contribution < 1.29 is 9.59 Å². The Kier molecular flexibility index (Phi) is 6.74. The average molecular weight is 455 g/mol. The Bertz CT molecular complexity index is 1300. The summed E-state index contributed by atoms with van der Waals surface area (Å²) < 4.78 is 1.24. The highest BCUT2D eigenvalue weighted by atomic mass is 35.5. The zero-order valence-electron chi connectivity index (χ0n) is 18.2. The van der Waals surface area contributed by atoms with Gasteiger partial charge in [-0.3, -0.25) is 23.9 Å². The number of rotatable bonds is 6. The van der Waals surface area contributed by atoms with E-state index in [0.29, 0.717) is 16.4 Å². The second kappa shape index (κ2) is 9.32. The summed E-state index contributed by atoms with van der Waals surface area (Å²) in [6, 6.07) is 8.16. The van der Waals surface area contributed by atoms with E-state index in [1.54, 1.807) is 45.0 Å². The minimum Gasteiger partial charge on any atom is -0.311 e. The number of H-pyrrole nitrogens is 1. The molecular weight excluding hydrogens is 432 g/mol. The van der Waals surface area contributed by atoms with Gasteiger partial charge in [0.2, 0.25) is 11.7 Å². The van der Waals surface area contributed by atoms with Crippen molar-refractivity contribution in [1.82, 2.24) is 14.5 Å². The Hall–Kier alpha value is -3.52. The van der Waals surface area contributed by atoms with Crippen molar-refractivity contribution in [2.75, 3.05) is 5.32 Å². The fourth-order valence-electron chi connectivity index (χ4n) is 3.53. The van der Waals surface area contributed by atoms with Gasteiger partial charge in [-0.05, 0) is 54.3 Å². The minimum absolute atomic E-state index is 0.00769. The third kappa shape index (κ3) is 5.03. The van der Waals surface area contributed by atoms with Crippen molar-refractivity contribution in [2.24, 2.45) is 0 Å². The molecule has 0 spiro atoms. The van der Waals surface area contributed by atoms with E-state index in [4.69, 9.17) is 11.6 Å². The Morgan fingerprint density at radius 2 is 1.91 bits per heavy atom. The van der Waals surface area contributed by atoms with Gasteiger partial charge >= 0.3 is 5.69 Å². The lowest BCUT2D eigenvalue weighted by molar-refractivity contribution is -0.114. The number of aromatic nitrogens is 3. The smallest absolute Gasteiger partial charge is 0.311 e. The van der Waals surface area contributed by atoms with Gasteiger partial charge in [-0.1, -0.05) is 25.4 Å². The monoisotopic (exact) mass is 454 g/mol. The molecule has 2 N–H and O–H groups in total. The third-order valence-electron chi connectivity index (χ3n) is 4.80. The Balaban J connectivity index is 2.22. The number of aromatic amines is 1. The van der Waals surface area contributed by atoms with Crippen LogP contribution in [0.4, 0.5) is 5.82 Å². The van der Waals surface area contributed by atoms with Gasteiger partial charge in [-0.2, -0.15) is 0 Å². The maximum atomic E-state index is 13.6. The molecule has 0 radical (unpaired) electrons. The second-order valence-electron chi connectivity index (χ2n) is 7.84. The zero-order chi connectivity index (χ0) is 23.6. The molecule has 0 atom stereocenters. The molecule has 0 saturated carbocycles.